The van der Waals surface area contributed by atoms with Crippen LogP contribution in [0.15, 0.2) is 4.99 Å². The molecule has 1 heterocycles. The van der Waals surface area contributed by atoms with Crippen molar-refractivity contribution in [2.24, 2.45) is 10.7 Å². The minimum absolute atomic E-state index is 0.263. The second kappa shape index (κ2) is 21.3. The molecule has 2 saturated carbocycles. The maximum Gasteiger partial charge on any atom is 0.389 e. The van der Waals surface area contributed by atoms with Crippen molar-refractivity contribution in [3.63, 3.8) is 0 Å². The number of aliphatic carboxylic acids is 1. The monoisotopic (exact) mass is 564 g/mol. The second-order valence-corrected chi connectivity index (χ2v) is 10.7. The molecule has 2 unspecified atom stereocenters. The minimum atomic E-state index is -0.916. The average Bonchev–Trinajstić information content (AvgIpc) is 3.27. The molecule has 0 bridgehead atoms. The van der Waals surface area contributed by atoms with Crippen molar-refractivity contribution in [3.05, 3.63) is 11.4 Å². The van der Waals surface area contributed by atoms with Crippen LogP contribution >= 0.6 is 0 Å². The van der Waals surface area contributed by atoms with Crippen molar-refractivity contribution in [1.82, 2.24) is 4.90 Å². The molecular weight excluding hydrogens is 508 g/mol. The van der Waals surface area contributed by atoms with Gasteiger partial charge in [-0.25, -0.2) is 16.2 Å². The maximum atomic E-state index is 11.9. The number of Topliss-reactive ketones (excluding diaryl/α,β-unsaturated/α-hetero) is 1. The third kappa shape index (κ3) is 11.2. The largest absolute Gasteiger partial charge is 0.479 e. The van der Waals surface area contributed by atoms with Crippen LogP contribution in [0.1, 0.15) is 130 Å². The second-order valence-electron chi connectivity index (χ2n) is 10.7. The molecular formula is C31H56N4O5. The van der Waals surface area contributed by atoms with E-state index in [4.69, 9.17) is 12.3 Å². The molecule has 2 atom stereocenters. The fourth-order valence-corrected chi connectivity index (χ4v) is 5.50. The molecule has 40 heavy (non-hydrogen) atoms. The number of nitrogens with zero attached hydrogens (tertiary/aromatic N) is 3. The number of hydrogen-bond acceptors (Lipinski definition) is 7. The van der Waals surface area contributed by atoms with Crippen LogP contribution in [0.2, 0.25) is 0 Å². The van der Waals surface area contributed by atoms with Gasteiger partial charge < -0.3 is 25.3 Å². The number of ketones is 1. The van der Waals surface area contributed by atoms with Gasteiger partial charge in [-0.15, -0.1) is 0 Å². The van der Waals surface area contributed by atoms with Gasteiger partial charge in [0.15, 0.2) is 5.54 Å². The zero-order valence-corrected chi connectivity index (χ0v) is 25.9. The first-order chi connectivity index (χ1) is 19.2. The number of carboxylic acids is 1. The van der Waals surface area contributed by atoms with E-state index in [9.17, 15) is 19.5 Å². The molecule has 0 aromatic heterocycles. The van der Waals surface area contributed by atoms with Crippen LogP contribution in [0.5, 0.6) is 0 Å². The van der Waals surface area contributed by atoms with E-state index in [2.05, 4.69) is 33.3 Å². The van der Waals surface area contributed by atoms with Crippen LogP contribution in [0.4, 0.5) is 0 Å². The number of carbonyl (C=O) groups is 3. The molecule has 3 aliphatic rings. The number of rotatable bonds is 9. The number of nitrogens with two attached hydrogens (primary N) is 1. The quantitative estimate of drug-likeness (QED) is 0.252. The van der Waals surface area contributed by atoms with Crippen LogP contribution in [0.25, 0.3) is 4.85 Å². The first-order valence-electron chi connectivity index (χ1n) is 15.4. The number of methoxy groups -OCH3 is 1. The van der Waals surface area contributed by atoms with Gasteiger partial charge >= 0.3 is 18.0 Å². The third-order valence-corrected chi connectivity index (χ3v) is 8.02. The summed E-state index contributed by atoms with van der Waals surface area (Å²) in [6, 6.07) is -0.602. The van der Waals surface area contributed by atoms with E-state index in [-0.39, 0.29) is 5.54 Å². The minimum Gasteiger partial charge on any atom is -0.479 e. The summed E-state index contributed by atoms with van der Waals surface area (Å²) in [5, 5.41) is 9.78. The number of carbonyl (C=O) groups excluding carboxylic acids is 2. The molecule has 3 rings (SSSR count). The van der Waals surface area contributed by atoms with E-state index in [1.54, 1.807) is 6.92 Å². The number of hydrogen-bond donors (Lipinski definition) is 2. The van der Waals surface area contributed by atoms with Gasteiger partial charge in [-0.2, -0.15) is 0 Å². The lowest BCUT2D eigenvalue weighted by Crippen LogP contribution is -2.63. The Bertz CT molecular complexity index is 794. The van der Waals surface area contributed by atoms with Crippen LogP contribution in [0.3, 0.4) is 0 Å². The molecule has 1 spiro atoms. The Morgan fingerprint density at radius 1 is 1.07 bits per heavy atom. The van der Waals surface area contributed by atoms with Gasteiger partial charge in [-0.3, -0.25) is 9.79 Å². The Labute approximate surface area is 243 Å². The van der Waals surface area contributed by atoms with Gasteiger partial charge in [0, 0.05) is 25.8 Å². The first-order valence-corrected chi connectivity index (χ1v) is 15.4. The molecule has 0 amide bonds. The van der Waals surface area contributed by atoms with Crippen molar-refractivity contribution in [1.29, 1.82) is 0 Å². The average molecular weight is 565 g/mol. The lowest BCUT2D eigenvalue weighted by atomic mass is 9.66. The number of carboxylic acid groups (broad SMARTS) is 1. The number of esters is 1. The van der Waals surface area contributed by atoms with Crippen LogP contribution < -0.4 is 5.73 Å². The molecule has 0 saturated heterocycles. The van der Waals surface area contributed by atoms with Gasteiger partial charge in [-0.05, 0) is 51.5 Å². The highest BCUT2D eigenvalue weighted by molar-refractivity contribution is 5.86. The van der Waals surface area contributed by atoms with E-state index >= 15 is 0 Å². The smallest absolute Gasteiger partial charge is 0.389 e. The molecule has 9 heteroatoms. The molecule has 1 aliphatic heterocycles. The van der Waals surface area contributed by atoms with Gasteiger partial charge in [0.25, 0.3) is 0 Å². The van der Waals surface area contributed by atoms with Crippen molar-refractivity contribution < 1.29 is 24.2 Å². The fourth-order valence-electron chi connectivity index (χ4n) is 5.50. The molecule has 2 aliphatic carbocycles. The molecule has 2 fully saturated rings. The summed E-state index contributed by atoms with van der Waals surface area (Å²) in [5.74, 6) is -0.717. The molecule has 0 radical (unpaired) electrons. The summed E-state index contributed by atoms with van der Waals surface area (Å²) < 4.78 is 4.34. The predicted octanol–water partition coefficient (Wildman–Crippen LogP) is 6.19. The molecule has 0 aromatic carbocycles. The SMILES string of the molecule is CCCCN.CCCCN1C=NC(CC)(C(=O)O)C12CCCCC2.O=C1CCCCC1.[C-]#[N+]C(CC)C(=O)OC. The molecule has 3 N–H and O–H groups in total. The summed E-state index contributed by atoms with van der Waals surface area (Å²) in [7, 11) is 1.29. The zero-order chi connectivity index (χ0) is 30.4. The highest BCUT2D eigenvalue weighted by Crippen LogP contribution is 2.48. The van der Waals surface area contributed by atoms with Gasteiger partial charge in [-0.1, -0.05) is 66.2 Å². The Hall–Kier alpha value is -2.47. The standard InChI is InChI=1S/C15H26N2O2.C6H9NO2.C6H10O.C4H11N/c1-3-5-11-17-12-16-15(4-2,13(18)19)14(17)9-7-6-8-10-14;1-4-5(7-2)6(8)9-3;7-6-4-2-1-3-5-6;1-2-3-4-5/h12H,3-11H2,1-2H3,(H,18,19);5H,4H2,1,3H3;1-5H2;2-5H2,1H3. The molecule has 9 nitrogen and oxygen atoms in total. The predicted molar refractivity (Wildman–Crippen MR) is 161 cm³/mol. The van der Waals surface area contributed by atoms with Crippen LogP contribution in [-0.2, 0) is 19.1 Å². The Morgan fingerprint density at radius 3 is 1.98 bits per heavy atom. The summed E-state index contributed by atoms with van der Waals surface area (Å²) >= 11 is 0. The maximum absolute atomic E-state index is 11.9. The van der Waals surface area contributed by atoms with E-state index < -0.39 is 23.5 Å². The highest BCUT2D eigenvalue weighted by atomic mass is 16.5. The van der Waals surface area contributed by atoms with E-state index in [0.717, 1.165) is 77.3 Å². The number of ether oxygens (including phenoxy) is 1. The number of unbranched alkanes of at least 4 members (excludes halogenated alkanes) is 2. The zero-order valence-electron chi connectivity index (χ0n) is 25.9. The molecule has 0 aromatic rings. The Morgan fingerprint density at radius 2 is 1.65 bits per heavy atom. The van der Waals surface area contributed by atoms with E-state index in [0.29, 0.717) is 18.6 Å². The summed E-state index contributed by atoms with van der Waals surface area (Å²) in [6.07, 6.45) is 18.2. The van der Waals surface area contributed by atoms with Crippen LogP contribution in [-0.4, -0.2) is 71.4 Å². The summed E-state index contributed by atoms with van der Waals surface area (Å²) in [4.78, 5) is 42.7. The topological polar surface area (TPSA) is 127 Å². The lowest BCUT2D eigenvalue weighted by Gasteiger charge is -2.49. The highest BCUT2D eigenvalue weighted by Gasteiger charge is 2.61. The summed E-state index contributed by atoms with van der Waals surface area (Å²) in [5.41, 5.74) is 3.96. The van der Waals surface area contributed by atoms with Gasteiger partial charge in [0.2, 0.25) is 0 Å². The van der Waals surface area contributed by atoms with E-state index in [1.165, 1.54) is 32.8 Å². The lowest BCUT2D eigenvalue weighted by molar-refractivity contribution is -0.149. The van der Waals surface area contributed by atoms with Crippen molar-refractivity contribution in [2.75, 3.05) is 20.2 Å². The van der Waals surface area contributed by atoms with Gasteiger partial charge in [0.05, 0.1) is 19.0 Å². The van der Waals surface area contributed by atoms with Crippen molar-refractivity contribution in [2.45, 2.75) is 148 Å². The van der Waals surface area contributed by atoms with Crippen molar-refractivity contribution >= 4 is 24.1 Å². The third-order valence-electron chi connectivity index (χ3n) is 8.02. The van der Waals surface area contributed by atoms with Crippen LogP contribution in [0, 0.1) is 6.57 Å². The normalized spacial score (nSPS) is 21.4. The summed E-state index contributed by atoms with van der Waals surface area (Å²) in [6.45, 7) is 16.3. The fraction of sp³-hybridized carbons (Fsp3) is 0.839. The Balaban J connectivity index is 0.000000599. The van der Waals surface area contributed by atoms with Gasteiger partial charge in [0.1, 0.15) is 5.78 Å². The van der Waals surface area contributed by atoms with E-state index in [1.807, 2.05) is 13.3 Å². The number of aliphatic imine (C=N–C) groups is 1. The first kappa shape index (κ1) is 37.5. The molecule has 230 valence electrons. The Kier molecular flexibility index (Phi) is 20.0. The van der Waals surface area contributed by atoms with Crippen molar-refractivity contribution in [3.8, 4) is 0 Å².